The third kappa shape index (κ3) is 6.74. The first-order valence-corrected chi connectivity index (χ1v) is 5.31. The molecule has 0 N–H and O–H groups in total. The highest BCUT2D eigenvalue weighted by Crippen LogP contribution is 2.21. The first-order valence-electron chi connectivity index (χ1n) is 5.31. The topological polar surface area (TPSA) is 23.8 Å². The highest BCUT2D eigenvalue weighted by molar-refractivity contribution is 5.42. The molecular formula is C14H21N. The fraction of sp³-hybridized carbons (Fsp3) is 0.500. The van der Waals surface area contributed by atoms with Crippen molar-refractivity contribution in [3.8, 4) is 6.07 Å². The molecule has 0 radical (unpaired) electrons. The van der Waals surface area contributed by atoms with E-state index in [1.807, 2.05) is 38.2 Å². The average molecular weight is 203 g/mol. The van der Waals surface area contributed by atoms with Crippen LogP contribution in [-0.2, 0) is 0 Å². The summed E-state index contributed by atoms with van der Waals surface area (Å²) in [5.74, 6) is 0. The Labute approximate surface area is 93.8 Å². The average Bonchev–Trinajstić information content (AvgIpc) is 2.13. The van der Waals surface area contributed by atoms with Crippen molar-refractivity contribution in [1.82, 2.24) is 0 Å². The lowest BCUT2D eigenvalue weighted by Gasteiger charge is -2.15. The van der Waals surface area contributed by atoms with E-state index in [0.29, 0.717) is 0 Å². The van der Waals surface area contributed by atoms with Gasteiger partial charge in [0, 0.05) is 0 Å². The maximum Gasteiger partial charge on any atom is 0.0991 e. The van der Waals surface area contributed by atoms with Crippen LogP contribution in [-0.4, -0.2) is 0 Å². The monoisotopic (exact) mass is 203 g/mol. The van der Waals surface area contributed by atoms with E-state index >= 15 is 0 Å². The highest BCUT2D eigenvalue weighted by atomic mass is 14.2. The molecule has 0 aromatic carbocycles. The maximum atomic E-state index is 9.01. The molecule has 1 heteroatoms. The Morgan fingerprint density at radius 2 is 1.93 bits per heavy atom. The lowest BCUT2D eigenvalue weighted by molar-refractivity contribution is 0.420. The molecule has 15 heavy (non-hydrogen) atoms. The standard InChI is InChI=1S/C14H21N/c1-6-7-8-12(2)13(11-15)9-10-14(3,4)5/h6-9H,10H2,1-5H3/b7-6-,12-8+,13-9+. The van der Waals surface area contributed by atoms with Gasteiger partial charge in [0.15, 0.2) is 0 Å². The summed E-state index contributed by atoms with van der Waals surface area (Å²) < 4.78 is 0. The maximum absolute atomic E-state index is 9.01. The van der Waals surface area contributed by atoms with Crippen molar-refractivity contribution in [3.63, 3.8) is 0 Å². The lowest BCUT2D eigenvalue weighted by atomic mass is 9.90. The van der Waals surface area contributed by atoms with Gasteiger partial charge in [-0.25, -0.2) is 0 Å². The molecule has 0 aromatic rings. The van der Waals surface area contributed by atoms with Crippen molar-refractivity contribution < 1.29 is 0 Å². The SMILES string of the molecule is C\C=C/C=C(C)/C(C#N)=C/CC(C)(C)C. The Kier molecular flexibility index (Phi) is 5.70. The fourth-order valence-electron chi connectivity index (χ4n) is 1.03. The van der Waals surface area contributed by atoms with Crippen LogP contribution in [0.4, 0.5) is 0 Å². The van der Waals surface area contributed by atoms with Crippen LogP contribution in [0.1, 0.15) is 41.0 Å². The van der Waals surface area contributed by atoms with Crippen molar-refractivity contribution in [2.75, 3.05) is 0 Å². The van der Waals surface area contributed by atoms with E-state index in [4.69, 9.17) is 5.26 Å². The Hall–Kier alpha value is -1.29. The summed E-state index contributed by atoms with van der Waals surface area (Å²) >= 11 is 0. The highest BCUT2D eigenvalue weighted by Gasteiger charge is 2.08. The van der Waals surface area contributed by atoms with Gasteiger partial charge in [-0.1, -0.05) is 45.1 Å². The van der Waals surface area contributed by atoms with Gasteiger partial charge >= 0.3 is 0 Å². The third-order valence-corrected chi connectivity index (χ3v) is 2.00. The van der Waals surface area contributed by atoms with Crippen LogP contribution in [0.5, 0.6) is 0 Å². The van der Waals surface area contributed by atoms with E-state index in [2.05, 4.69) is 26.8 Å². The summed E-state index contributed by atoms with van der Waals surface area (Å²) in [4.78, 5) is 0. The van der Waals surface area contributed by atoms with Crippen molar-refractivity contribution >= 4 is 0 Å². The molecule has 1 nitrogen and oxygen atoms in total. The van der Waals surface area contributed by atoms with Gasteiger partial charge in [0.1, 0.15) is 0 Å². The first-order chi connectivity index (χ1) is 6.90. The zero-order chi connectivity index (χ0) is 11.9. The van der Waals surface area contributed by atoms with E-state index in [1.54, 1.807) is 0 Å². The summed E-state index contributed by atoms with van der Waals surface area (Å²) in [5.41, 5.74) is 2.05. The summed E-state index contributed by atoms with van der Waals surface area (Å²) in [7, 11) is 0. The molecule has 0 amide bonds. The summed E-state index contributed by atoms with van der Waals surface area (Å²) in [6.45, 7) is 10.4. The predicted octanol–water partition coefficient (Wildman–Crippen LogP) is 4.39. The van der Waals surface area contributed by atoms with Gasteiger partial charge in [0.2, 0.25) is 0 Å². The van der Waals surface area contributed by atoms with Gasteiger partial charge in [-0.15, -0.1) is 0 Å². The Morgan fingerprint density at radius 3 is 2.33 bits per heavy atom. The minimum absolute atomic E-state index is 0.239. The summed E-state index contributed by atoms with van der Waals surface area (Å²) in [5, 5.41) is 9.01. The molecule has 0 fully saturated rings. The number of nitriles is 1. The predicted molar refractivity (Wildman–Crippen MR) is 66.3 cm³/mol. The molecule has 0 bridgehead atoms. The van der Waals surface area contributed by atoms with Gasteiger partial charge in [-0.2, -0.15) is 5.26 Å². The van der Waals surface area contributed by atoms with Crippen LogP contribution in [0.25, 0.3) is 0 Å². The van der Waals surface area contributed by atoms with Crippen LogP contribution < -0.4 is 0 Å². The molecule has 0 saturated heterocycles. The first kappa shape index (κ1) is 13.7. The molecule has 0 aliphatic rings. The van der Waals surface area contributed by atoms with Gasteiger partial charge in [-0.05, 0) is 31.3 Å². The van der Waals surface area contributed by atoms with Gasteiger partial charge in [0.05, 0.1) is 11.6 Å². The molecule has 0 unspecified atom stereocenters. The number of hydrogen-bond donors (Lipinski definition) is 0. The van der Waals surface area contributed by atoms with Crippen LogP contribution in [0.2, 0.25) is 0 Å². The Morgan fingerprint density at radius 1 is 1.33 bits per heavy atom. The molecule has 0 atom stereocenters. The van der Waals surface area contributed by atoms with Crippen LogP contribution in [0, 0.1) is 16.7 Å². The van der Waals surface area contributed by atoms with Crippen molar-refractivity contribution in [3.05, 3.63) is 35.5 Å². The van der Waals surface area contributed by atoms with Crippen LogP contribution in [0.15, 0.2) is 35.5 Å². The zero-order valence-electron chi connectivity index (χ0n) is 10.5. The molecule has 0 aliphatic carbocycles. The molecule has 0 spiro atoms. The summed E-state index contributed by atoms with van der Waals surface area (Å²) in [6, 6.07) is 2.24. The number of nitrogens with zero attached hydrogens (tertiary/aromatic N) is 1. The lowest BCUT2D eigenvalue weighted by Crippen LogP contribution is -2.02. The van der Waals surface area contributed by atoms with E-state index in [9.17, 15) is 0 Å². The van der Waals surface area contributed by atoms with Crippen molar-refractivity contribution in [2.45, 2.75) is 41.0 Å². The molecule has 0 aliphatic heterocycles. The number of rotatable bonds is 3. The minimum atomic E-state index is 0.239. The third-order valence-electron chi connectivity index (χ3n) is 2.00. The molecule has 0 heterocycles. The Balaban J connectivity index is 4.72. The normalized spacial score (nSPS) is 14.4. The number of hydrogen-bond acceptors (Lipinski definition) is 1. The van der Waals surface area contributed by atoms with Crippen LogP contribution in [0.3, 0.4) is 0 Å². The fourth-order valence-corrected chi connectivity index (χ4v) is 1.03. The molecule has 0 rings (SSSR count). The van der Waals surface area contributed by atoms with Gasteiger partial charge in [0.25, 0.3) is 0 Å². The van der Waals surface area contributed by atoms with Gasteiger partial charge in [-0.3, -0.25) is 0 Å². The zero-order valence-corrected chi connectivity index (χ0v) is 10.5. The number of allylic oxidation sites excluding steroid dienone is 6. The largest absolute Gasteiger partial charge is 0.192 e. The van der Waals surface area contributed by atoms with Crippen molar-refractivity contribution in [2.24, 2.45) is 5.41 Å². The van der Waals surface area contributed by atoms with E-state index in [0.717, 1.165) is 17.6 Å². The molecule has 0 saturated carbocycles. The molecule has 0 aromatic heterocycles. The smallest absolute Gasteiger partial charge is 0.0991 e. The summed E-state index contributed by atoms with van der Waals surface area (Å²) in [6.07, 6.45) is 8.84. The quantitative estimate of drug-likeness (QED) is 0.493. The van der Waals surface area contributed by atoms with E-state index in [1.165, 1.54) is 0 Å². The van der Waals surface area contributed by atoms with E-state index in [-0.39, 0.29) is 5.41 Å². The second kappa shape index (κ2) is 6.24. The van der Waals surface area contributed by atoms with Crippen molar-refractivity contribution in [1.29, 1.82) is 5.26 Å². The molecular weight excluding hydrogens is 182 g/mol. The van der Waals surface area contributed by atoms with Gasteiger partial charge < -0.3 is 0 Å². The second-order valence-electron chi connectivity index (χ2n) is 4.87. The second-order valence-corrected chi connectivity index (χ2v) is 4.87. The Bertz CT molecular complexity index is 316. The van der Waals surface area contributed by atoms with Crippen LogP contribution >= 0.6 is 0 Å². The molecule has 82 valence electrons. The van der Waals surface area contributed by atoms with E-state index < -0.39 is 0 Å². The minimum Gasteiger partial charge on any atom is -0.192 e.